The van der Waals surface area contributed by atoms with Crippen molar-refractivity contribution in [1.29, 1.82) is 0 Å². The summed E-state index contributed by atoms with van der Waals surface area (Å²) >= 11 is 0. The van der Waals surface area contributed by atoms with Gasteiger partial charge in [-0.3, -0.25) is 11.3 Å². The van der Waals surface area contributed by atoms with Crippen molar-refractivity contribution in [2.24, 2.45) is 5.84 Å². The second-order valence-corrected chi connectivity index (χ2v) is 3.86. The molecule has 15 heavy (non-hydrogen) atoms. The van der Waals surface area contributed by atoms with Crippen molar-refractivity contribution in [3.05, 3.63) is 11.9 Å². The minimum atomic E-state index is 0.0709. The quantitative estimate of drug-likeness (QED) is 0.503. The fraction of sp³-hybridized carbons (Fsp3) is 0.778. The topological polar surface area (TPSA) is 72.0 Å². The molecule has 6 nitrogen and oxygen atoms in total. The highest BCUT2D eigenvalue weighted by molar-refractivity contribution is 5.02. The average Bonchev–Trinajstić information content (AvgIpc) is 2.63. The molecule has 1 rings (SSSR count). The largest absolute Gasteiger partial charge is 0.307 e. The second kappa shape index (κ2) is 5.79. The second-order valence-electron chi connectivity index (χ2n) is 3.86. The van der Waals surface area contributed by atoms with E-state index < -0.39 is 0 Å². The summed E-state index contributed by atoms with van der Waals surface area (Å²) in [6.07, 6.45) is 2.80. The van der Waals surface area contributed by atoms with Crippen molar-refractivity contribution in [1.82, 2.24) is 25.3 Å². The lowest BCUT2D eigenvalue weighted by Gasteiger charge is -2.20. The van der Waals surface area contributed by atoms with Crippen molar-refractivity contribution < 1.29 is 0 Å². The molecular formula is C9H20N6. The molecule has 0 aliphatic carbocycles. The third kappa shape index (κ3) is 3.26. The highest BCUT2D eigenvalue weighted by Gasteiger charge is 2.15. The Kier molecular flexibility index (Phi) is 4.67. The molecule has 0 fully saturated rings. The van der Waals surface area contributed by atoms with Crippen molar-refractivity contribution in [2.75, 3.05) is 20.6 Å². The monoisotopic (exact) mass is 212 g/mol. The Labute approximate surface area is 90.4 Å². The maximum absolute atomic E-state index is 5.53. The maximum atomic E-state index is 5.53. The predicted molar refractivity (Wildman–Crippen MR) is 58.9 cm³/mol. The summed E-state index contributed by atoms with van der Waals surface area (Å²) < 4.78 is 1.90. The van der Waals surface area contributed by atoms with E-state index in [0.717, 1.165) is 25.2 Å². The lowest BCUT2D eigenvalue weighted by Crippen LogP contribution is -2.36. The lowest BCUT2D eigenvalue weighted by molar-refractivity contribution is 0.331. The van der Waals surface area contributed by atoms with Gasteiger partial charge < -0.3 is 4.90 Å². The van der Waals surface area contributed by atoms with Crippen LogP contribution in [0.5, 0.6) is 0 Å². The molecule has 0 bridgehead atoms. The van der Waals surface area contributed by atoms with Gasteiger partial charge in [0, 0.05) is 13.1 Å². The highest BCUT2D eigenvalue weighted by atomic mass is 15.4. The molecule has 86 valence electrons. The van der Waals surface area contributed by atoms with Crippen LogP contribution in [0.15, 0.2) is 6.20 Å². The number of hydrogen-bond acceptors (Lipinski definition) is 5. The molecule has 0 spiro atoms. The first-order valence-corrected chi connectivity index (χ1v) is 5.18. The summed E-state index contributed by atoms with van der Waals surface area (Å²) in [5.74, 6) is 5.53. The van der Waals surface area contributed by atoms with E-state index in [2.05, 4.69) is 27.6 Å². The lowest BCUT2D eigenvalue weighted by atomic mass is 10.2. The third-order valence-corrected chi connectivity index (χ3v) is 2.19. The van der Waals surface area contributed by atoms with E-state index in [-0.39, 0.29) is 6.04 Å². The maximum Gasteiger partial charge on any atom is 0.0783 e. The number of nitrogens with one attached hydrogen (secondary N) is 1. The molecule has 0 radical (unpaired) electrons. The van der Waals surface area contributed by atoms with Crippen molar-refractivity contribution in [3.8, 4) is 0 Å². The zero-order valence-electron chi connectivity index (χ0n) is 9.64. The van der Waals surface area contributed by atoms with Gasteiger partial charge in [0.25, 0.3) is 0 Å². The Morgan fingerprint density at radius 3 is 2.87 bits per heavy atom. The number of likely N-dealkylation sites (N-methyl/N-ethyl adjacent to an activating group) is 1. The number of aryl methyl sites for hydroxylation is 1. The molecule has 1 aromatic heterocycles. The Balaban J connectivity index is 2.76. The molecule has 0 saturated carbocycles. The van der Waals surface area contributed by atoms with Gasteiger partial charge in [0.2, 0.25) is 0 Å². The van der Waals surface area contributed by atoms with Crippen LogP contribution < -0.4 is 11.3 Å². The molecule has 1 heterocycles. The number of aromatic nitrogens is 3. The molecule has 1 unspecified atom stereocenters. The molecule has 0 aromatic carbocycles. The standard InChI is InChI=1S/C9H20N6/c1-4-5-15-9(6-11-13-15)8(12-10)7-14(2)3/h6,8,12H,4-5,7,10H2,1-3H3. The van der Waals surface area contributed by atoms with Gasteiger partial charge in [-0.2, -0.15) is 0 Å². The third-order valence-electron chi connectivity index (χ3n) is 2.19. The van der Waals surface area contributed by atoms with Crippen molar-refractivity contribution in [2.45, 2.75) is 25.9 Å². The van der Waals surface area contributed by atoms with Gasteiger partial charge in [-0.05, 0) is 20.5 Å². The normalized spacial score (nSPS) is 13.4. The minimum absolute atomic E-state index is 0.0709. The van der Waals surface area contributed by atoms with Crippen LogP contribution in [-0.2, 0) is 6.54 Å². The molecule has 1 atom stereocenters. The summed E-state index contributed by atoms with van der Waals surface area (Å²) in [5.41, 5.74) is 3.83. The van der Waals surface area contributed by atoms with E-state index in [1.807, 2.05) is 18.8 Å². The summed E-state index contributed by atoms with van der Waals surface area (Å²) in [6.45, 7) is 3.82. The summed E-state index contributed by atoms with van der Waals surface area (Å²) in [5, 5.41) is 7.95. The van der Waals surface area contributed by atoms with Crippen LogP contribution in [0.1, 0.15) is 25.1 Å². The van der Waals surface area contributed by atoms with Gasteiger partial charge in [0.15, 0.2) is 0 Å². The van der Waals surface area contributed by atoms with Crippen LogP contribution in [0.3, 0.4) is 0 Å². The van der Waals surface area contributed by atoms with Gasteiger partial charge in [-0.1, -0.05) is 12.1 Å². The summed E-state index contributed by atoms with van der Waals surface area (Å²) in [4.78, 5) is 2.08. The smallest absolute Gasteiger partial charge is 0.0783 e. The number of nitrogens with zero attached hydrogens (tertiary/aromatic N) is 4. The molecule has 0 aliphatic heterocycles. The molecule has 1 aromatic rings. The van der Waals surface area contributed by atoms with Crippen LogP contribution >= 0.6 is 0 Å². The highest BCUT2D eigenvalue weighted by Crippen LogP contribution is 2.11. The summed E-state index contributed by atoms with van der Waals surface area (Å²) in [7, 11) is 4.02. The first kappa shape index (κ1) is 12.1. The van der Waals surface area contributed by atoms with Crippen molar-refractivity contribution in [3.63, 3.8) is 0 Å². The molecule has 3 N–H and O–H groups in total. The van der Waals surface area contributed by atoms with Gasteiger partial charge in [0.1, 0.15) is 0 Å². The van der Waals surface area contributed by atoms with Crippen molar-refractivity contribution >= 4 is 0 Å². The zero-order chi connectivity index (χ0) is 11.3. The molecule has 6 heteroatoms. The van der Waals surface area contributed by atoms with Gasteiger partial charge in [0.05, 0.1) is 17.9 Å². The summed E-state index contributed by atoms with van der Waals surface area (Å²) in [6, 6.07) is 0.0709. The Morgan fingerprint density at radius 1 is 1.60 bits per heavy atom. The average molecular weight is 212 g/mol. The molecule has 0 saturated heterocycles. The minimum Gasteiger partial charge on any atom is -0.307 e. The van der Waals surface area contributed by atoms with Crippen LogP contribution in [0, 0.1) is 0 Å². The zero-order valence-corrected chi connectivity index (χ0v) is 9.64. The molecule has 0 aliphatic rings. The van der Waals surface area contributed by atoms with E-state index in [1.165, 1.54) is 0 Å². The van der Waals surface area contributed by atoms with Gasteiger partial charge in [-0.25, -0.2) is 4.68 Å². The Bertz CT molecular complexity index is 282. The number of nitrogens with two attached hydrogens (primary N) is 1. The van der Waals surface area contributed by atoms with E-state index in [1.54, 1.807) is 6.20 Å². The molecular weight excluding hydrogens is 192 g/mol. The van der Waals surface area contributed by atoms with E-state index >= 15 is 0 Å². The van der Waals surface area contributed by atoms with Gasteiger partial charge in [-0.15, -0.1) is 5.10 Å². The SMILES string of the molecule is CCCn1nncc1C(CN(C)C)NN. The number of rotatable bonds is 6. The fourth-order valence-electron chi connectivity index (χ4n) is 1.52. The first-order chi connectivity index (χ1) is 7.19. The van der Waals surface area contributed by atoms with Gasteiger partial charge >= 0.3 is 0 Å². The number of hydrazine groups is 1. The predicted octanol–water partition coefficient (Wildman–Crippen LogP) is -0.246. The van der Waals surface area contributed by atoms with Crippen LogP contribution in [-0.4, -0.2) is 40.5 Å². The van der Waals surface area contributed by atoms with E-state index in [9.17, 15) is 0 Å². The molecule has 0 amide bonds. The van der Waals surface area contributed by atoms with E-state index in [4.69, 9.17) is 5.84 Å². The fourth-order valence-corrected chi connectivity index (χ4v) is 1.52. The Morgan fingerprint density at radius 2 is 2.33 bits per heavy atom. The van der Waals surface area contributed by atoms with Crippen LogP contribution in [0.25, 0.3) is 0 Å². The first-order valence-electron chi connectivity index (χ1n) is 5.18. The van der Waals surface area contributed by atoms with Crippen LogP contribution in [0.4, 0.5) is 0 Å². The van der Waals surface area contributed by atoms with E-state index in [0.29, 0.717) is 0 Å². The van der Waals surface area contributed by atoms with Crippen LogP contribution in [0.2, 0.25) is 0 Å². The number of hydrogen-bond donors (Lipinski definition) is 2. The Hall–Kier alpha value is -0.980.